The molecule has 0 aromatic heterocycles. The number of amides is 2. The summed E-state index contributed by atoms with van der Waals surface area (Å²) in [5, 5.41) is 4.84. The zero-order valence-corrected chi connectivity index (χ0v) is 13.6. The first-order chi connectivity index (χ1) is 12.3. The van der Waals surface area contributed by atoms with Crippen molar-refractivity contribution in [2.24, 2.45) is 0 Å². The van der Waals surface area contributed by atoms with E-state index < -0.39 is 23.6 Å². The van der Waals surface area contributed by atoms with Crippen molar-refractivity contribution in [1.82, 2.24) is 10.6 Å². The first-order valence-corrected chi connectivity index (χ1v) is 7.73. The molecule has 2 N–H and O–H groups in total. The lowest BCUT2D eigenvalue weighted by Gasteiger charge is -2.09. The highest BCUT2D eigenvalue weighted by Crippen LogP contribution is 2.29. The number of hydrogen-bond donors (Lipinski definition) is 2. The largest absolute Gasteiger partial charge is 0.416 e. The maximum absolute atomic E-state index is 13.4. The molecule has 2 aromatic rings. The molecular weight excluding hydrogens is 352 g/mol. The molecule has 0 radical (unpaired) electrons. The van der Waals surface area contributed by atoms with E-state index in [0.717, 1.165) is 24.3 Å². The van der Waals surface area contributed by atoms with E-state index in [2.05, 4.69) is 10.6 Å². The lowest BCUT2D eigenvalue weighted by atomic mass is 10.1. The van der Waals surface area contributed by atoms with Gasteiger partial charge in [0.25, 0.3) is 5.91 Å². The van der Waals surface area contributed by atoms with Gasteiger partial charge in [0.05, 0.1) is 12.1 Å². The van der Waals surface area contributed by atoms with Gasteiger partial charge in [0, 0.05) is 12.1 Å². The summed E-state index contributed by atoms with van der Waals surface area (Å²) < 4.78 is 50.8. The maximum Gasteiger partial charge on any atom is 0.416 e. The van der Waals surface area contributed by atoms with Crippen molar-refractivity contribution in [3.05, 3.63) is 71.0 Å². The van der Waals surface area contributed by atoms with Gasteiger partial charge in [0.1, 0.15) is 5.82 Å². The van der Waals surface area contributed by atoms with Crippen LogP contribution in [0.3, 0.4) is 0 Å². The van der Waals surface area contributed by atoms with Crippen LogP contribution in [-0.2, 0) is 17.4 Å². The number of alkyl halides is 3. The molecule has 0 heterocycles. The van der Waals surface area contributed by atoms with E-state index in [0.29, 0.717) is 12.0 Å². The molecule has 2 rings (SSSR count). The Morgan fingerprint density at radius 1 is 0.923 bits per heavy atom. The van der Waals surface area contributed by atoms with Gasteiger partial charge in [0.15, 0.2) is 0 Å². The predicted octanol–water partition coefficient (Wildman–Crippen LogP) is 2.93. The van der Waals surface area contributed by atoms with E-state index in [4.69, 9.17) is 0 Å². The molecule has 0 aliphatic heterocycles. The third-order valence-corrected chi connectivity index (χ3v) is 3.56. The number of hydrogen-bond acceptors (Lipinski definition) is 2. The van der Waals surface area contributed by atoms with Crippen LogP contribution in [0.5, 0.6) is 0 Å². The van der Waals surface area contributed by atoms with Gasteiger partial charge in [-0.15, -0.1) is 0 Å². The van der Waals surface area contributed by atoms with Crippen molar-refractivity contribution in [3.8, 4) is 0 Å². The van der Waals surface area contributed by atoms with Crippen LogP contribution in [0.1, 0.15) is 21.5 Å². The van der Waals surface area contributed by atoms with E-state index >= 15 is 0 Å². The SMILES string of the molecule is O=C(CNC(=O)c1ccc(C(F)(F)F)cc1)NCCc1ccccc1F. The molecule has 0 saturated carbocycles. The molecule has 4 nitrogen and oxygen atoms in total. The van der Waals surface area contributed by atoms with Crippen LogP contribution in [-0.4, -0.2) is 24.9 Å². The molecule has 0 unspecified atom stereocenters. The molecular formula is C18H16F4N2O2. The van der Waals surface area contributed by atoms with Gasteiger partial charge in [-0.3, -0.25) is 9.59 Å². The highest BCUT2D eigenvalue weighted by atomic mass is 19.4. The van der Waals surface area contributed by atoms with Crippen molar-refractivity contribution in [3.63, 3.8) is 0 Å². The van der Waals surface area contributed by atoms with Crippen molar-refractivity contribution in [2.75, 3.05) is 13.1 Å². The van der Waals surface area contributed by atoms with E-state index in [1.807, 2.05) is 0 Å². The van der Waals surface area contributed by atoms with Gasteiger partial charge >= 0.3 is 6.18 Å². The van der Waals surface area contributed by atoms with Crippen LogP contribution in [0.15, 0.2) is 48.5 Å². The second-order valence-corrected chi connectivity index (χ2v) is 5.45. The minimum atomic E-state index is -4.48. The van der Waals surface area contributed by atoms with Gasteiger partial charge in [-0.2, -0.15) is 13.2 Å². The number of carbonyl (C=O) groups excluding carboxylic acids is 2. The third-order valence-electron chi connectivity index (χ3n) is 3.56. The van der Waals surface area contributed by atoms with Crippen LogP contribution in [0.4, 0.5) is 17.6 Å². The van der Waals surface area contributed by atoms with Crippen molar-refractivity contribution < 1.29 is 27.2 Å². The molecule has 8 heteroatoms. The molecule has 0 aliphatic rings. The summed E-state index contributed by atoms with van der Waals surface area (Å²) in [6, 6.07) is 9.84. The van der Waals surface area contributed by atoms with Crippen molar-refractivity contribution >= 4 is 11.8 Å². The summed E-state index contributed by atoms with van der Waals surface area (Å²) in [5.74, 6) is -1.51. The fraction of sp³-hybridized carbons (Fsp3) is 0.222. The van der Waals surface area contributed by atoms with Crippen LogP contribution in [0.2, 0.25) is 0 Å². The summed E-state index contributed by atoms with van der Waals surface area (Å²) in [5.41, 5.74) is -0.390. The fourth-order valence-corrected chi connectivity index (χ4v) is 2.17. The second-order valence-electron chi connectivity index (χ2n) is 5.45. The normalized spacial score (nSPS) is 11.1. The third kappa shape index (κ3) is 5.58. The lowest BCUT2D eigenvalue weighted by Crippen LogP contribution is -2.37. The Morgan fingerprint density at radius 2 is 1.58 bits per heavy atom. The van der Waals surface area contributed by atoms with E-state index in [1.54, 1.807) is 18.2 Å². The van der Waals surface area contributed by atoms with Gasteiger partial charge in [-0.25, -0.2) is 4.39 Å². The summed E-state index contributed by atoms with van der Waals surface area (Å²) in [7, 11) is 0. The molecule has 0 bridgehead atoms. The minimum Gasteiger partial charge on any atom is -0.354 e. The number of carbonyl (C=O) groups is 2. The van der Waals surface area contributed by atoms with Crippen molar-refractivity contribution in [2.45, 2.75) is 12.6 Å². The van der Waals surface area contributed by atoms with Gasteiger partial charge in [0.2, 0.25) is 5.91 Å². The zero-order chi connectivity index (χ0) is 19.2. The first kappa shape index (κ1) is 19.4. The Labute approximate surface area is 147 Å². The average molecular weight is 368 g/mol. The van der Waals surface area contributed by atoms with E-state index in [9.17, 15) is 27.2 Å². The summed E-state index contributed by atoms with van der Waals surface area (Å²) in [6.07, 6.45) is -4.18. The highest BCUT2D eigenvalue weighted by Gasteiger charge is 2.30. The predicted molar refractivity (Wildman–Crippen MR) is 86.9 cm³/mol. The molecule has 0 spiro atoms. The Bertz CT molecular complexity index is 774. The Morgan fingerprint density at radius 3 is 2.19 bits per heavy atom. The monoisotopic (exact) mass is 368 g/mol. The lowest BCUT2D eigenvalue weighted by molar-refractivity contribution is -0.137. The summed E-state index contributed by atoms with van der Waals surface area (Å²) >= 11 is 0. The topological polar surface area (TPSA) is 58.2 Å². The van der Waals surface area contributed by atoms with Gasteiger partial charge in [-0.1, -0.05) is 18.2 Å². The fourth-order valence-electron chi connectivity index (χ4n) is 2.17. The van der Waals surface area contributed by atoms with E-state index in [1.165, 1.54) is 6.07 Å². The second kappa shape index (κ2) is 8.46. The molecule has 26 heavy (non-hydrogen) atoms. The standard InChI is InChI=1S/C18H16F4N2O2/c19-15-4-2-1-3-12(15)9-10-23-16(25)11-24-17(26)13-5-7-14(8-6-13)18(20,21)22/h1-8H,9-11H2,(H,23,25)(H,24,26). The number of rotatable bonds is 6. The summed E-state index contributed by atoms with van der Waals surface area (Å²) in [6.45, 7) is -0.146. The molecule has 2 amide bonds. The van der Waals surface area contributed by atoms with Gasteiger partial charge < -0.3 is 10.6 Å². The maximum atomic E-state index is 13.4. The molecule has 138 valence electrons. The van der Waals surface area contributed by atoms with Crippen molar-refractivity contribution in [1.29, 1.82) is 0 Å². The minimum absolute atomic E-state index is 0.0113. The molecule has 0 fully saturated rings. The van der Waals surface area contributed by atoms with Crippen LogP contribution in [0.25, 0.3) is 0 Å². The van der Waals surface area contributed by atoms with Gasteiger partial charge in [-0.05, 0) is 42.3 Å². The van der Waals surface area contributed by atoms with Crippen LogP contribution in [0, 0.1) is 5.82 Å². The molecule has 0 saturated heterocycles. The molecule has 0 atom stereocenters. The summed E-state index contributed by atoms with van der Waals surface area (Å²) in [4.78, 5) is 23.5. The Hall–Kier alpha value is -2.90. The van der Waals surface area contributed by atoms with Crippen LogP contribution >= 0.6 is 0 Å². The zero-order valence-electron chi connectivity index (χ0n) is 13.6. The molecule has 0 aliphatic carbocycles. The first-order valence-electron chi connectivity index (χ1n) is 7.73. The molecule has 2 aromatic carbocycles. The Balaban J connectivity index is 1.76. The number of benzene rings is 2. The Kier molecular flexibility index (Phi) is 6.32. The number of halogens is 4. The average Bonchev–Trinajstić information content (AvgIpc) is 2.60. The smallest absolute Gasteiger partial charge is 0.354 e. The highest BCUT2D eigenvalue weighted by molar-refractivity contribution is 5.96. The van der Waals surface area contributed by atoms with E-state index in [-0.39, 0.29) is 24.5 Å². The quantitative estimate of drug-likeness (QED) is 0.771. The van der Waals surface area contributed by atoms with Crippen LogP contribution < -0.4 is 10.6 Å². The number of nitrogens with one attached hydrogen (secondary N) is 2.